The fraction of sp³-hybridized carbons (Fsp3) is 0.0286. The Labute approximate surface area is 428 Å². The number of hydrogen-bond donors (Lipinski definition) is 0. The summed E-state index contributed by atoms with van der Waals surface area (Å²) < 4.78 is 7.16. The van der Waals surface area contributed by atoms with Crippen LogP contribution in [0.4, 0.5) is 17.1 Å². The Morgan fingerprint density at radius 2 is 0.877 bits per heavy atom. The maximum atomic E-state index is 7.16. The van der Waals surface area contributed by atoms with Crippen LogP contribution < -0.4 is 25.6 Å². The Kier molecular flexibility index (Phi) is 11.4. The van der Waals surface area contributed by atoms with Crippen LogP contribution >= 0.6 is 0 Å². The highest BCUT2D eigenvalue weighted by molar-refractivity contribution is 7.19. The molecule has 0 spiro atoms. The lowest BCUT2D eigenvalue weighted by Crippen LogP contribution is -2.74. The van der Waals surface area contributed by atoms with Gasteiger partial charge in [-0.15, -0.1) is 0 Å². The van der Waals surface area contributed by atoms with E-state index in [2.05, 4.69) is 296 Å². The number of furan rings is 1. The molecule has 0 radical (unpaired) electrons. The lowest BCUT2D eigenvalue weighted by Gasteiger charge is -2.34. The molecule has 0 N–H and O–H groups in total. The molecule has 13 rings (SSSR count). The van der Waals surface area contributed by atoms with E-state index < -0.39 is 8.07 Å². The first kappa shape index (κ1) is 44.0. The number of fused-ring (bicyclic) bond motifs is 4. The zero-order chi connectivity index (χ0) is 48.6. The molecular formula is C70H51NOSi. The lowest BCUT2D eigenvalue weighted by molar-refractivity contribution is 0.658. The minimum atomic E-state index is -2.73. The van der Waals surface area contributed by atoms with E-state index in [1.165, 1.54) is 59.3 Å². The largest absolute Gasteiger partial charge is 0.455 e. The van der Waals surface area contributed by atoms with Crippen LogP contribution in [0.3, 0.4) is 0 Å². The van der Waals surface area contributed by atoms with Crippen molar-refractivity contribution in [3.8, 4) is 22.3 Å². The van der Waals surface area contributed by atoms with E-state index in [4.69, 9.17) is 4.42 Å². The highest BCUT2D eigenvalue weighted by Crippen LogP contribution is 2.44. The van der Waals surface area contributed by atoms with Gasteiger partial charge in [-0.2, -0.15) is 0 Å². The summed E-state index contributed by atoms with van der Waals surface area (Å²) >= 11 is 0. The maximum absolute atomic E-state index is 7.16. The molecule has 3 heteroatoms. The van der Waals surface area contributed by atoms with Crippen LogP contribution in [0, 0.1) is 0 Å². The van der Waals surface area contributed by atoms with Gasteiger partial charge in [-0.1, -0.05) is 261 Å². The molecule has 0 saturated carbocycles. The minimum Gasteiger partial charge on any atom is -0.455 e. The summed E-state index contributed by atoms with van der Waals surface area (Å²) in [5, 5.41) is 10.1. The van der Waals surface area contributed by atoms with Crippen LogP contribution in [0.5, 0.6) is 0 Å². The van der Waals surface area contributed by atoms with Crippen LogP contribution in [0.15, 0.2) is 296 Å². The monoisotopic (exact) mass is 949 g/mol. The van der Waals surface area contributed by atoms with Gasteiger partial charge in [0.05, 0.1) is 5.69 Å². The first-order valence-corrected chi connectivity index (χ1v) is 27.4. The Balaban J connectivity index is 0.850. The molecule has 0 bridgehead atoms. The smallest absolute Gasteiger partial charge is 0.179 e. The first-order chi connectivity index (χ1) is 36.2. The molecule has 0 fully saturated rings. The summed E-state index contributed by atoms with van der Waals surface area (Å²) in [5.74, 6) is 0.159. The van der Waals surface area contributed by atoms with Crippen molar-refractivity contribution < 1.29 is 4.42 Å². The maximum Gasteiger partial charge on any atom is 0.179 e. The first-order valence-electron chi connectivity index (χ1n) is 25.4. The van der Waals surface area contributed by atoms with Gasteiger partial charge in [-0.25, -0.2) is 0 Å². The quantitative estimate of drug-likeness (QED) is 0.0949. The second-order valence-electron chi connectivity index (χ2n) is 19.1. The Morgan fingerprint density at radius 3 is 1.52 bits per heavy atom. The Bertz CT molecular complexity index is 3880. The molecule has 0 amide bonds. The molecule has 0 saturated heterocycles. The van der Waals surface area contributed by atoms with E-state index in [0.717, 1.165) is 56.5 Å². The fourth-order valence-corrected chi connectivity index (χ4v) is 16.4. The van der Waals surface area contributed by atoms with Crippen molar-refractivity contribution >= 4 is 84.2 Å². The summed E-state index contributed by atoms with van der Waals surface area (Å²) in [6.45, 7) is 0. The molecule has 12 aromatic rings. The fourth-order valence-electron chi connectivity index (χ4n) is 11.6. The number of allylic oxidation sites excluding steroid dienone is 4. The highest BCUT2D eigenvalue weighted by Gasteiger charge is 2.41. The van der Waals surface area contributed by atoms with Crippen LogP contribution in [0.25, 0.3) is 60.5 Å². The van der Waals surface area contributed by atoms with Crippen molar-refractivity contribution in [1.82, 2.24) is 0 Å². The van der Waals surface area contributed by atoms with Gasteiger partial charge in [0.25, 0.3) is 0 Å². The molecule has 2 nitrogen and oxygen atoms in total. The van der Waals surface area contributed by atoms with Crippen molar-refractivity contribution in [1.29, 1.82) is 0 Å². The Hall–Kier alpha value is -9.02. The normalized spacial score (nSPS) is 13.6. The highest BCUT2D eigenvalue weighted by atomic mass is 28.3. The molecule has 11 aromatic carbocycles. The summed E-state index contributed by atoms with van der Waals surface area (Å²) in [6.07, 6.45) is 8.00. The standard InChI is InChI=1S/C70H51NOSi/c1-6-21-50(22-7-1)51-43-45-56(46-44-51)71(55-24-8-2-9-25-55)68-48-47-61(64-33-16-17-34-65(64)68)52-39-41-53(42-40-52)62-35-19-37-66-67-38-20-36-63(70(67)72-69(62)66)54-23-18-32-60(49-54)73(57-26-10-3-11-27-57,58-28-12-4-13-29-58)59-30-14-5-15-31-59/h1-41,43-49,53H,42H2. The van der Waals surface area contributed by atoms with Crippen molar-refractivity contribution in [2.24, 2.45) is 0 Å². The predicted octanol–water partition coefficient (Wildman–Crippen LogP) is 16.0. The number of rotatable bonds is 11. The molecule has 1 aliphatic carbocycles. The van der Waals surface area contributed by atoms with E-state index in [-0.39, 0.29) is 5.92 Å². The van der Waals surface area contributed by atoms with Gasteiger partial charge in [-0.05, 0) is 90.7 Å². The molecule has 1 aliphatic rings. The number of anilines is 3. The average Bonchev–Trinajstić information content (AvgIpc) is 3.87. The summed E-state index contributed by atoms with van der Waals surface area (Å²) in [6, 6.07) is 99.7. The summed E-state index contributed by atoms with van der Waals surface area (Å²) in [5.41, 5.74) is 13.6. The van der Waals surface area contributed by atoms with Gasteiger partial charge in [0.1, 0.15) is 11.2 Å². The molecule has 1 aromatic heterocycles. The number of benzene rings is 11. The topological polar surface area (TPSA) is 16.4 Å². The summed E-state index contributed by atoms with van der Waals surface area (Å²) in [7, 11) is -2.73. The molecule has 73 heavy (non-hydrogen) atoms. The molecule has 1 heterocycles. The van der Waals surface area contributed by atoms with Crippen molar-refractivity contribution in [3.05, 3.63) is 302 Å². The van der Waals surface area contributed by atoms with E-state index in [1.807, 2.05) is 0 Å². The van der Waals surface area contributed by atoms with Crippen molar-refractivity contribution in [3.63, 3.8) is 0 Å². The van der Waals surface area contributed by atoms with Crippen LogP contribution in [-0.2, 0) is 0 Å². The van der Waals surface area contributed by atoms with Crippen LogP contribution in [-0.4, -0.2) is 8.07 Å². The van der Waals surface area contributed by atoms with Gasteiger partial charge in [0.2, 0.25) is 0 Å². The third-order valence-electron chi connectivity index (χ3n) is 15.0. The van der Waals surface area contributed by atoms with E-state index in [1.54, 1.807) is 0 Å². The van der Waals surface area contributed by atoms with E-state index in [0.29, 0.717) is 0 Å². The van der Waals surface area contributed by atoms with Crippen molar-refractivity contribution in [2.45, 2.75) is 12.3 Å². The summed E-state index contributed by atoms with van der Waals surface area (Å²) in [4.78, 5) is 2.38. The third kappa shape index (κ3) is 7.83. The molecule has 346 valence electrons. The van der Waals surface area contributed by atoms with Gasteiger partial charge >= 0.3 is 0 Å². The third-order valence-corrected chi connectivity index (χ3v) is 19.8. The number of hydrogen-bond acceptors (Lipinski definition) is 2. The van der Waals surface area contributed by atoms with E-state index in [9.17, 15) is 0 Å². The zero-order valence-corrected chi connectivity index (χ0v) is 41.4. The van der Waals surface area contributed by atoms with Gasteiger partial charge in [-0.3, -0.25) is 0 Å². The predicted molar refractivity (Wildman–Crippen MR) is 311 cm³/mol. The lowest BCUT2D eigenvalue weighted by atomic mass is 9.86. The second-order valence-corrected chi connectivity index (χ2v) is 22.9. The van der Waals surface area contributed by atoms with Crippen LogP contribution in [0.1, 0.15) is 23.5 Å². The SMILES string of the molecule is C1=CC(c2cccc3c2oc2c(-c4cccc([Si](c5ccccc5)(c5ccccc5)c5ccccc5)c4)cccc23)CC=C1c1ccc(N(c2ccccc2)c2ccc(-c3ccccc3)cc2)c2ccccc12. The van der Waals surface area contributed by atoms with Crippen molar-refractivity contribution in [2.75, 3.05) is 4.90 Å². The van der Waals surface area contributed by atoms with Gasteiger partial charge < -0.3 is 9.32 Å². The molecule has 1 atom stereocenters. The van der Waals surface area contributed by atoms with E-state index >= 15 is 0 Å². The average molecular weight is 950 g/mol. The molecule has 0 aliphatic heterocycles. The van der Waals surface area contributed by atoms with Crippen LogP contribution in [0.2, 0.25) is 0 Å². The van der Waals surface area contributed by atoms with Gasteiger partial charge in [0, 0.05) is 44.6 Å². The second kappa shape index (κ2) is 19.0. The zero-order valence-electron chi connectivity index (χ0n) is 40.4. The van der Waals surface area contributed by atoms with Gasteiger partial charge in [0.15, 0.2) is 8.07 Å². The number of nitrogens with zero attached hydrogens (tertiary/aromatic N) is 1. The Morgan fingerprint density at radius 1 is 0.370 bits per heavy atom. The molecular weight excluding hydrogens is 899 g/mol. The molecule has 1 unspecified atom stereocenters. The minimum absolute atomic E-state index is 0.159. The number of para-hydroxylation sites is 3.